The van der Waals surface area contributed by atoms with Gasteiger partial charge in [0.2, 0.25) is 5.82 Å². The van der Waals surface area contributed by atoms with Gasteiger partial charge in [-0.2, -0.15) is 0 Å². The van der Waals surface area contributed by atoms with Crippen molar-refractivity contribution < 1.29 is 14.0 Å². The quantitative estimate of drug-likeness (QED) is 0.915. The van der Waals surface area contributed by atoms with E-state index in [4.69, 9.17) is 0 Å². The van der Waals surface area contributed by atoms with Crippen LogP contribution in [0.2, 0.25) is 0 Å². The van der Waals surface area contributed by atoms with Gasteiger partial charge in [-0.3, -0.25) is 9.59 Å². The third kappa shape index (κ3) is 3.38. The molecule has 2 aromatic rings. The van der Waals surface area contributed by atoms with Gasteiger partial charge in [-0.15, -0.1) is 10.2 Å². The number of hydrogen-bond donors (Lipinski definition) is 1. The van der Waals surface area contributed by atoms with Crippen LogP contribution in [0.15, 0.2) is 18.2 Å². The molecule has 0 fully saturated rings. The summed E-state index contributed by atoms with van der Waals surface area (Å²) < 4.78 is 15.4. The average Bonchev–Trinajstić information content (AvgIpc) is 2.99. The van der Waals surface area contributed by atoms with Gasteiger partial charge in [-0.25, -0.2) is 4.39 Å². The molecule has 1 aliphatic rings. The average molecular weight is 345 g/mol. The molecule has 3 rings (SSSR count). The van der Waals surface area contributed by atoms with Crippen LogP contribution >= 0.6 is 0 Å². The highest BCUT2D eigenvalue weighted by Crippen LogP contribution is 2.17. The highest BCUT2D eigenvalue weighted by atomic mass is 19.1. The lowest BCUT2D eigenvalue weighted by Crippen LogP contribution is -2.40. The minimum atomic E-state index is -0.404. The Labute approximate surface area is 144 Å². The molecule has 0 atom stereocenters. The summed E-state index contributed by atoms with van der Waals surface area (Å²) in [5.41, 5.74) is 0.796. The van der Waals surface area contributed by atoms with E-state index in [0.717, 1.165) is 0 Å². The molecule has 2 heterocycles. The van der Waals surface area contributed by atoms with Gasteiger partial charge in [0, 0.05) is 24.7 Å². The number of amides is 2. The van der Waals surface area contributed by atoms with Gasteiger partial charge in [0.05, 0.1) is 6.54 Å². The lowest BCUT2D eigenvalue weighted by Gasteiger charge is -2.28. The van der Waals surface area contributed by atoms with Crippen molar-refractivity contribution in [2.24, 2.45) is 0 Å². The number of fused-ring (bicyclic) bond motifs is 1. The molecule has 0 unspecified atom stereocenters. The summed E-state index contributed by atoms with van der Waals surface area (Å²) in [6, 6.07) is 4.45. The molecule has 1 aliphatic heterocycles. The molecule has 0 bridgehead atoms. The van der Waals surface area contributed by atoms with Crippen molar-refractivity contribution in [1.29, 1.82) is 0 Å². The fraction of sp³-hybridized carbons (Fsp3) is 0.412. The van der Waals surface area contributed by atoms with Crippen molar-refractivity contribution in [2.45, 2.75) is 39.9 Å². The summed E-state index contributed by atoms with van der Waals surface area (Å²) in [4.78, 5) is 26.3. The van der Waals surface area contributed by atoms with E-state index >= 15 is 0 Å². The highest BCUT2D eigenvalue weighted by Gasteiger charge is 2.27. The molecule has 1 N–H and O–H groups in total. The van der Waals surface area contributed by atoms with Crippen molar-refractivity contribution in [2.75, 3.05) is 6.54 Å². The summed E-state index contributed by atoms with van der Waals surface area (Å²) in [5.74, 6) is -0.160. The fourth-order valence-electron chi connectivity index (χ4n) is 2.73. The maximum Gasteiger partial charge on any atom is 0.289 e. The maximum absolute atomic E-state index is 13.7. The van der Waals surface area contributed by atoms with E-state index in [1.807, 2.05) is 13.8 Å². The van der Waals surface area contributed by atoms with Crippen LogP contribution in [0, 0.1) is 12.7 Å². The molecule has 25 heavy (non-hydrogen) atoms. The largest absolute Gasteiger partial charge is 0.347 e. The van der Waals surface area contributed by atoms with E-state index in [9.17, 15) is 14.0 Å². The van der Waals surface area contributed by atoms with E-state index in [-0.39, 0.29) is 30.2 Å². The number of halogens is 1. The molecule has 2 amide bonds. The predicted molar refractivity (Wildman–Crippen MR) is 88.5 cm³/mol. The van der Waals surface area contributed by atoms with Crippen LogP contribution in [0.25, 0.3) is 0 Å². The summed E-state index contributed by atoms with van der Waals surface area (Å²) in [6.07, 6.45) is 0. The molecule has 0 radical (unpaired) electrons. The van der Waals surface area contributed by atoms with Crippen molar-refractivity contribution in [1.82, 2.24) is 25.0 Å². The Morgan fingerprint density at radius 3 is 2.68 bits per heavy atom. The second-order valence-electron chi connectivity index (χ2n) is 6.41. The van der Waals surface area contributed by atoms with Crippen molar-refractivity contribution in [3.05, 3.63) is 46.8 Å². The predicted octanol–water partition coefficient (Wildman–Crippen LogP) is 1.52. The van der Waals surface area contributed by atoms with Crippen molar-refractivity contribution >= 4 is 11.8 Å². The number of carbonyl (C=O) groups is 2. The standard InChI is InChI=1S/C17H20FN5O2/c1-10(2)19-16(24)15-21-20-14-9-22(6-7-23(14)15)17(25)12-5-4-11(3)13(18)8-12/h4-5,8,10H,6-7,9H2,1-3H3,(H,19,24). The Morgan fingerprint density at radius 1 is 1.24 bits per heavy atom. The number of aromatic nitrogens is 3. The van der Waals surface area contributed by atoms with Gasteiger partial charge >= 0.3 is 0 Å². The van der Waals surface area contributed by atoms with Gasteiger partial charge in [-0.05, 0) is 38.5 Å². The first-order chi connectivity index (χ1) is 11.9. The molecular weight excluding hydrogens is 325 g/mol. The molecule has 0 saturated carbocycles. The van der Waals surface area contributed by atoms with Crippen LogP contribution in [-0.4, -0.2) is 44.1 Å². The number of nitrogens with one attached hydrogen (secondary N) is 1. The van der Waals surface area contributed by atoms with Crippen molar-refractivity contribution in [3.8, 4) is 0 Å². The van der Waals surface area contributed by atoms with Gasteiger partial charge in [-0.1, -0.05) is 6.07 Å². The Balaban J connectivity index is 1.77. The zero-order valence-corrected chi connectivity index (χ0v) is 14.4. The minimum absolute atomic E-state index is 0.00134. The van der Waals surface area contributed by atoms with Gasteiger partial charge in [0.1, 0.15) is 5.82 Å². The number of rotatable bonds is 3. The minimum Gasteiger partial charge on any atom is -0.347 e. The number of benzene rings is 1. The molecule has 0 saturated heterocycles. The third-order valence-electron chi connectivity index (χ3n) is 4.08. The number of carbonyl (C=O) groups excluding carboxylic acids is 2. The van der Waals surface area contributed by atoms with Crippen LogP contribution < -0.4 is 5.32 Å². The molecule has 1 aromatic heterocycles. The lowest BCUT2D eigenvalue weighted by molar-refractivity contribution is 0.0705. The molecular formula is C17H20FN5O2. The summed E-state index contributed by atoms with van der Waals surface area (Å²) in [5, 5.41) is 10.8. The lowest BCUT2D eigenvalue weighted by atomic mass is 10.1. The zero-order chi connectivity index (χ0) is 18.1. The Morgan fingerprint density at radius 2 is 2.00 bits per heavy atom. The van der Waals surface area contributed by atoms with Crippen LogP contribution in [0.4, 0.5) is 4.39 Å². The maximum atomic E-state index is 13.7. The Kier molecular flexibility index (Phi) is 4.52. The van der Waals surface area contributed by atoms with Gasteiger partial charge in [0.15, 0.2) is 5.82 Å². The van der Waals surface area contributed by atoms with E-state index in [1.54, 1.807) is 28.5 Å². The number of aryl methyl sites for hydroxylation is 1. The van der Waals surface area contributed by atoms with E-state index in [0.29, 0.717) is 30.0 Å². The second kappa shape index (κ2) is 6.62. The molecule has 0 aliphatic carbocycles. The summed E-state index contributed by atoms with van der Waals surface area (Å²) in [7, 11) is 0. The number of nitrogens with zero attached hydrogens (tertiary/aromatic N) is 4. The first-order valence-electron chi connectivity index (χ1n) is 8.15. The number of hydrogen-bond acceptors (Lipinski definition) is 4. The van der Waals surface area contributed by atoms with Crippen LogP contribution in [0.3, 0.4) is 0 Å². The third-order valence-corrected chi connectivity index (χ3v) is 4.08. The van der Waals surface area contributed by atoms with Crippen LogP contribution in [-0.2, 0) is 13.1 Å². The molecule has 7 nitrogen and oxygen atoms in total. The molecule has 132 valence electrons. The monoisotopic (exact) mass is 345 g/mol. The highest BCUT2D eigenvalue weighted by molar-refractivity contribution is 5.94. The fourth-order valence-corrected chi connectivity index (χ4v) is 2.73. The zero-order valence-electron chi connectivity index (χ0n) is 14.4. The topological polar surface area (TPSA) is 80.1 Å². The Hall–Kier alpha value is -2.77. The van der Waals surface area contributed by atoms with E-state index in [2.05, 4.69) is 15.5 Å². The van der Waals surface area contributed by atoms with E-state index < -0.39 is 5.82 Å². The van der Waals surface area contributed by atoms with Gasteiger partial charge in [0.25, 0.3) is 11.8 Å². The first-order valence-corrected chi connectivity index (χ1v) is 8.15. The SMILES string of the molecule is Cc1ccc(C(=O)N2CCn3c(nnc3C(=O)NC(C)C)C2)cc1F. The Bertz CT molecular complexity index is 830. The van der Waals surface area contributed by atoms with Crippen LogP contribution in [0.5, 0.6) is 0 Å². The van der Waals surface area contributed by atoms with Crippen molar-refractivity contribution in [3.63, 3.8) is 0 Å². The van der Waals surface area contributed by atoms with Crippen LogP contribution in [0.1, 0.15) is 46.2 Å². The summed E-state index contributed by atoms with van der Waals surface area (Å²) in [6.45, 7) is 6.44. The normalized spacial score (nSPS) is 13.7. The molecule has 1 aromatic carbocycles. The molecule has 8 heteroatoms. The molecule has 0 spiro atoms. The smallest absolute Gasteiger partial charge is 0.289 e. The summed E-state index contributed by atoms with van der Waals surface area (Å²) >= 11 is 0. The first kappa shape index (κ1) is 17.1. The van der Waals surface area contributed by atoms with E-state index in [1.165, 1.54) is 6.07 Å². The van der Waals surface area contributed by atoms with Gasteiger partial charge < -0.3 is 14.8 Å². The second-order valence-corrected chi connectivity index (χ2v) is 6.41.